The van der Waals surface area contributed by atoms with E-state index >= 15 is 0 Å². The Morgan fingerprint density at radius 3 is 2.09 bits per heavy atom. The Morgan fingerprint density at radius 2 is 1.47 bits per heavy atom. The van der Waals surface area contributed by atoms with E-state index < -0.39 is 113 Å². The summed E-state index contributed by atoms with van der Waals surface area (Å²) in [6.07, 6.45) is -14.5. The second-order valence-electron chi connectivity index (χ2n) is 12.8. The molecule has 9 atom stereocenters. The van der Waals surface area contributed by atoms with E-state index in [0.29, 0.717) is 0 Å². The fraction of sp³-hybridized carbons (Fsp3) is 0.351. The van der Waals surface area contributed by atoms with Crippen molar-refractivity contribution in [3.8, 4) is 45.8 Å². The summed E-state index contributed by atoms with van der Waals surface area (Å²) < 4.78 is 33.4. The van der Waals surface area contributed by atoms with Crippen molar-refractivity contribution >= 4 is 23.0 Å². The van der Waals surface area contributed by atoms with E-state index in [4.69, 9.17) is 28.1 Å². The molecule has 4 aromatic rings. The molecule has 1 aromatic heterocycles. The smallest absolute Gasteiger partial charge is 0.331 e. The maximum atomic E-state index is 13.8. The highest BCUT2D eigenvalue weighted by Crippen LogP contribution is 2.51. The lowest BCUT2D eigenvalue weighted by Gasteiger charge is -2.42. The van der Waals surface area contributed by atoms with Crippen molar-refractivity contribution in [1.29, 1.82) is 0 Å². The van der Waals surface area contributed by atoms with Crippen LogP contribution in [0.3, 0.4) is 0 Å². The van der Waals surface area contributed by atoms with E-state index in [2.05, 4.69) is 0 Å². The molecule has 10 N–H and O–H groups in total. The van der Waals surface area contributed by atoms with Crippen LogP contribution in [0.5, 0.6) is 34.5 Å². The average molecular weight is 771 g/mol. The third-order valence-corrected chi connectivity index (χ3v) is 9.45. The van der Waals surface area contributed by atoms with Crippen molar-refractivity contribution in [2.75, 3.05) is 27.4 Å². The lowest BCUT2D eigenvalue weighted by Crippen LogP contribution is -2.56. The Hall–Kier alpha value is -5.44. The molecule has 0 aliphatic carbocycles. The first kappa shape index (κ1) is 39.3. The predicted octanol–water partition coefficient (Wildman–Crippen LogP) is 0.233. The van der Waals surface area contributed by atoms with Crippen LogP contribution in [0, 0.1) is 0 Å². The van der Waals surface area contributed by atoms with Gasteiger partial charge in [0.2, 0.25) is 5.75 Å². The van der Waals surface area contributed by atoms with Crippen LogP contribution in [0.1, 0.15) is 28.9 Å². The van der Waals surface area contributed by atoms with Gasteiger partial charge in [-0.2, -0.15) is 0 Å². The highest BCUT2D eigenvalue weighted by Gasteiger charge is 2.50. The van der Waals surface area contributed by atoms with Gasteiger partial charge < -0.3 is 79.2 Å². The average Bonchev–Trinajstić information content (AvgIpc) is 3.16. The summed E-state index contributed by atoms with van der Waals surface area (Å²) in [5.74, 6) is -3.70. The zero-order chi connectivity index (χ0) is 39.9. The van der Waals surface area contributed by atoms with Gasteiger partial charge in [0.25, 0.3) is 0 Å². The van der Waals surface area contributed by atoms with Crippen molar-refractivity contribution in [1.82, 2.24) is 0 Å². The fourth-order valence-electron chi connectivity index (χ4n) is 6.57. The predicted molar refractivity (Wildman–Crippen MR) is 186 cm³/mol. The lowest BCUT2D eigenvalue weighted by atomic mass is 9.85. The summed E-state index contributed by atoms with van der Waals surface area (Å²) in [6, 6.07) is 9.07. The Bertz CT molecular complexity index is 2120. The molecule has 2 saturated heterocycles. The topological polar surface area (TPSA) is 296 Å². The van der Waals surface area contributed by atoms with E-state index in [1.165, 1.54) is 56.7 Å². The van der Waals surface area contributed by atoms with Gasteiger partial charge in [0.1, 0.15) is 77.2 Å². The molecule has 2 aliphatic heterocycles. The van der Waals surface area contributed by atoms with Gasteiger partial charge in [-0.3, -0.25) is 4.79 Å². The number of hydrogen-bond donors (Lipinski definition) is 10. The molecule has 18 heteroatoms. The number of benzene rings is 3. The molecule has 0 bridgehead atoms. The molecular weight excluding hydrogens is 732 g/mol. The van der Waals surface area contributed by atoms with Crippen LogP contribution in [0.15, 0.2) is 57.8 Å². The minimum absolute atomic E-state index is 0.00875. The van der Waals surface area contributed by atoms with E-state index in [9.17, 15) is 60.7 Å². The lowest BCUT2D eigenvalue weighted by molar-refractivity contribution is -0.239. The van der Waals surface area contributed by atoms with Crippen LogP contribution in [0.25, 0.3) is 28.4 Å². The summed E-state index contributed by atoms with van der Waals surface area (Å²) in [5.41, 5.74) is -2.27. The third-order valence-electron chi connectivity index (χ3n) is 9.45. The number of carbonyl (C=O) groups excluding carboxylic acids is 1. The first-order valence-corrected chi connectivity index (χ1v) is 16.7. The summed E-state index contributed by atoms with van der Waals surface area (Å²) in [7, 11) is 2.59. The molecule has 3 heterocycles. The van der Waals surface area contributed by atoms with Crippen LogP contribution in [-0.2, 0) is 19.0 Å². The van der Waals surface area contributed by atoms with E-state index in [1.807, 2.05) is 0 Å². The van der Waals surface area contributed by atoms with Gasteiger partial charge in [-0.25, -0.2) is 4.79 Å². The molecule has 0 saturated carbocycles. The standard InChI is InChI=1S/C37H38O18/c1-50-20-9-14(10-21(51-2)28(20)44)3-8-23(42)55-37-33(49)29(45)22(12-38)54-36(37)26-31(47)25(35-32(48)27(43)18(41)13-52-35)30(46)24-17(40)11-19(53-34(24)26)15-4-6-16(39)7-5-15/h3-11,18,22,27,29,32-33,35-39,41,43-49H,12-13H2,1-2H3/b8-3+/t18-,22+,27-,29-,32+,33-,35-,36+,37+/m0/s1. The van der Waals surface area contributed by atoms with E-state index in [0.717, 1.165) is 12.1 Å². The number of carbonyl (C=O) groups is 1. The summed E-state index contributed by atoms with van der Waals surface area (Å²) in [6.45, 7) is -1.51. The number of ether oxygens (including phenoxy) is 5. The summed E-state index contributed by atoms with van der Waals surface area (Å²) >= 11 is 0. The van der Waals surface area contributed by atoms with Crippen molar-refractivity contribution in [3.05, 3.63) is 75.5 Å². The van der Waals surface area contributed by atoms with Gasteiger partial charge in [-0.1, -0.05) is 0 Å². The second-order valence-corrected chi connectivity index (χ2v) is 12.8. The molecule has 294 valence electrons. The number of fused-ring (bicyclic) bond motifs is 1. The third kappa shape index (κ3) is 7.24. The molecule has 2 fully saturated rings. The van der Waals surface area contributed by atoms with E-state index in [-0.39, 0.29) is 39.9 Å². The van der Waals surface area contributed by atoms with Crippen LogP contribution in [-0.4, -0.2) is 127 Å². The number of aliphatic hydroxyl groups is 6. The minimum Gasteiger partial charge on any atom is -0.508 e. The highest BCUT2D eigenvalue weighted by atomic mass is 16.6. The SMILES string of the molecule is COc1cc(/C=C/C(=O)O[C@@H]2[C@@H](O)[C@@H](O)[C@@H](CO)O[C@@H]2c2c(O)c([C@@H]3OC[C@H](O)[C@H](O)[C@H]3O)c(O)c3c(=O)cc(-c4ccc(O)cc4)oc23)cc(OC)c1O. The van der Waals surface area contributed by atoms with Crippen LogP contribution < -0.4 is 14.9 Å². The quantitative estimate of drug-likeness (QED) is 0.0805. The van der Waals surface area contributed by atoms with Gasteiger partial charge in [-0.15, -0.1) is 0 Å². The van der Waals surface area contributed by atoms with Gasteiger partial charge in [-0.05, 0) is 48.0 Å². The van der Waals surface area contributed by atoms with Gasteiger partial charge in [0.05, 0.1) is 38.6 Å². The molecule has 55 heavy (non-hydrogen) atoms. The number of aromatic hydroxyl groups is 4. The zero-order valence-electron chi connectivity index (χ0n) is 29.0. The summed E-state index contributed by atoms with van der Waals surface area (Å²) in [4.78, 5) is 27.2. The van der Waals surface area contributed by atoms with Gasteiger partial charge in [0, 0.05) is 17.7 Å². The normalized spacial score (nSPS) is 26.9. The van der Waals surface area contributed by atoms with Crippen LogP contribution in [0.4, 0.5) is 0 Å². The first-order valence-electron chi connectivity index (χ1n) is 16.7. The van der Waals surface area contributed by atoms with Crippen molar-refractivity contribution in [2.45, 2.75) is 54.9 Å². The molecule has 0 radical (unpaired) electrons. The maximum Gasteiger partial charge on any atom is 0.331 e. The van der Waals surface area contributed by atoms with Gasteiger partial charge >= 0.3 is 5.97 Å². The monoisotopic (exact) mass is 770 g/mol. The van der Waals surface area contributed by atoms with Crippen molar-refractivity contribution in [3.63, 3.8) is 0 Å². The Morgan fingerprint density at radius 1 is 0.818 bits per heavy atom. The molecule has 2 aliphatic rings. The molecule has 0 amide bonds. The number of rotatable bonds is 9. The fourth-order valence-corrected chi connectivity index (χ4v) is 6.57. The Kier molecular flexibility index (Phi) is 11.2. The zero-order valence-corrected chi connectivity index (χ0v) is 29.0. The van der Waals surface area contributed by atoms with Crippen LogP contribution >= 0.6 is 0 Å². The number of esters is 1. The maximum absolute atomic E-state index is 13.8. The molecule has 18 nitrogen and oxygen atoms in total. The molecule has 3 aromatic carbocycles. The molecule has 0 unspecified atom stereocenters. The number of phenols is 4. The van der Waals surface area contributed by atoms with Gasteiger partial charge in [0.15, 0.2) is 28.6 Å². The van der Waals surface area contributed by atoms with Crippen molar-refractivity contribution in [2.24, 2.45) is 0 Å². The molecule has 0 spiro atoms. The number of methoxy groups -OCH3 is 2. The second kappa shape index (κ2) is 15.7. The Balaban J connectivity index is 1.53. The first-order chi connectivity index (χ1) is 26.2. The van der Waals surface area contributed by atoms with Crippen LogP contribution in [0.2, 0.25) is 0 Å². The highest BCUT2D eigenvalue weighted by molar-refractivity contribution is 5.92. The number of hydrogen-bond acceptors (Lipinski definition) is 18. The summed E-state index contributed by atoms with van der Waals surface area (Å²) in [5, 5.41) is 107. The largest absolute Gasteiger partial charge is 0.508 e. The molecule has 6 rings (SSSR count). The van der Waals surface area contributed by atoms with E-state index in [1.54, 1.807) is 0 Å². The minimum atomic E-state index is -2.05. The number of phenolic OH excluding ortho intramolecular Hbond substituents is 4. The Labute approximate surface area is 310 Å². The molecular formula is C37H38O18. The van der Waals surface area contributed by atoms with Crippen molar-refractivity contribution < 1.29 is 84.0 Å². The number of aliphatic hydroxyl groups excluding tert-OH is 6.